The Hall–Kier alpha value is -1.37. The second-order valence-corrected chi connectivity index (χ2v) is 6.17. The predicted molar refractivity (Wildman–Crippen MR) is 75.2 cm³/mol. The van der Waals surface area contributed by atoms with Crippen molar-refractivity contribution < 1.29 is 0 Å². The number of halogens is 1. The molecule has 0 bridgehead atoms. The molecule has 0 atom stereocenters. The van der Waals surface area contributed by atoms with Crippen LogP contribution in [0.2, 0.25) is 5.02 Å². The molecule has 0 saturated heterocycles. The van der Waals surface area contributed by atoms with E-state index in [0.717, 1.165) is 20.2 Å². The topological polar surface area (TPSA) is 64.7 Å². The molecule has 3 rings (SSSR count). The standard InChI is InChI=1S/C11H7ClN4S2/c12-6-4-14-10(15-5-6)18-11-16-8-2-1-7(13)3-9(8)17-11/h1-5H,13H2. The highest BCUT2D eigenvalue weighted by Gasteiger charge is 2.07. The van der Waals surface area contributed by atoms with Gasteiger partial charge in [-0.3, -0.25) is 0 Å². The second-order valence-electron chi connectivity index (χ2n) is 3.49. The molecular weight excluding hydrogens is 288 g/mol. The quantitative estimate of drug-likeness (QED) is 0.579. The molecule has 2 aromatic heterocycles. The Bertz CT molecular complexity index is 696. The van der Waals surface area contributed by atoms with Crippen molar-refractivity contribution in [2.24, 2.45) is 0 Å². The molecular formula is C11H7ClN4S2. The lowest BCUT2D eigenvalue weighted by atomic mass is 10.3. The van der Waals surface area contributed by atoms with Crippen molar-refractivity contribution in [1.29, 1.82) is 0 Å². The number of hydrogen-bond acceptors (Lipinski definition) is 6. The van der Waals surface area contributed by atoms with Gasteiger partial charge in [0.1, 0.15) is 0 Å². The Balaban J connectivity index is 1.92. The van der Waals surface area contributed by atoms with E-state index in [4.69, 9.17) is 17.3 Å². The zero-order valence-electron chi connectivity index (χ0n) is 9.00. The van der Waals surface area contributed by atoms with Gasteiger partial charge < -0.3 is 5.73 Å². The lowest BCUT2D eigenvalue weighted by Gasteiger charge is -1.94. The molecule has 3 aromatic rings. The van der Waals surface area contributed by atoms with Crippen LogP contribution in [0.3, 0.4) is 0 Å². The molecule has 0 fully saturated rings. The maximum absolute atomic E-state index is 5.74. The zero-order valence-corrected chi connectivity index (χ0v) is 11.4. The average molecular weight is 295 g/mol. The number of nitrogen functional groups attached to an aromatic ring is 1. The smallest absolute Gasteiger partial charge is 0.194 e. The third kappa shape index (κ3) is 2.40. The van der Waals surface area contributed by atoms with Gasteiger partial charge in [0.05, 0.1) is 27.6 Å². The van der Waals surface area contributed by atoms with E-state index in [9.17, 15) is 0 Å². The Morgan fingerprint density at radius 1 is 1.22 bits per heavy atom. The Morgan fingerprint density at radius 3 is 2.78 bits per heavy atom. The van der Waals surface area contributed by atoms with Crippen LogP contribution < -0.4 is 5.73 Å². The van der Waals surface area contributed by atoms with Crippen LogP contribution in [0.1, 0.15) is 0 Å². The van der Waals surface area contributed by atoms with Gasteiger partial charge in [0, 0.05) is 5.69 Å². The average Bonchev–Trinajstić information content (AvgIpc) is 2.73. The number of aromatic nitrogens is 3. The molecule has 2 heterocycles. The molecule has 0 aliphatic carbocycles. The van der Waals surface area contributed by atoms with Crippen molar-refractivity contribution in [3.8, 4) is 0 Å². The molecule has 0 amide bonds. The van der Waals surface area contributed by atoms with E-state index in [1.165, 1.54) is 11.8 Å². The first kappa shape index (κ1) is 11.7. The summed E-state index contributed by atoms with van der Waals surface area (Å²) in [6, 6.07) is 5.67. The predicted octanol–water partition coefficient (Wildman–Crippen LogP) is 3.47. The van der Waals surface area contributed by atoms with Crippen molar-refractivity contribution in [3.63, 3.8) is 0 Å². The summed E-state index contributed by atoms with van der Waals surface area (Å²) >= 11 is 8.72. The zero-order chi connectivity index (χ0) is 12.5. The third-order valence-corrected chi connectivity index (χ3v) is 4.34. The second kappa shape index (κ2) is 4.72. The van der Waals surface area contributed by atoms with Crippen LogP contribution in [0, 0.1) is 0 Å². The fraction of sp³-hybridized carbons (Fsp3) is 0. The van der Waals surface area contributed by atoms with Crippen LogP contribution in [0.4, 0.5) is 5.69 Å². The molecule has 0 spiro atoms. The SMILES string of the molecule is Nc1ccc2nc(Sc3ncc(Cl)cn3)sc2c1. The van der Waals surface area contributed by atoms with Crippen molar-refractivity contribution >= 4 is 50.6 Å². The van der Waals surface area contributed by atoms with Crippen LogP contribution in [-0.4, -0.2) is 15.0 Å². The van der Waals surface area contributed by atoms with Crippen LogP contribution >= 0.6 is 34.7 Å². The first-order valence-corrected chi connectivity index (χ1v) is 7.03. The highest BCUT2D eigenvalue weighted by Crippen LogP contribution is 2.33. The van der Waals surface area contributed by atoms with E-state index < -0.39 is 0 Å². The number of hydrogen-bond donors (Lipinski definition) is 1. The highest BCUT2D eigenvalue weighted by molar-refractivity contribution is 8.01. The fourth-order valence-corrected chi connectivity index (χ4v) is 3.41. The number of thiazole rings is 1. The van der Waals surface area contributed by atoms with Crippen molar-refractivity contribution in [1.82, 2.24) is 15.0 Å². The van der Waals surface area contributed by atoms with Gasteiger partial charge in [-0.25, -0.2) is 15.0 Å². The van der Waals surface area contributed by atoms with Crippen molar-refractivity contribution in [2.75, 3.05) is 5.73 Å². The first-order chi connectivity index (χ1) is 8.70. The van der Waals surface area contributed by atoms with E-state index in [0.29, 0.717) is 10.2 Å². The minimum absolute atomic E-state index is 0.524. The van der Waals surface area contributed by atoms with Crippen LogP contribution in [-0.2, 0) is 0 Å². The van der Waals surface area contributed by atoms with E-state index >= 15 is 0 Å². The molecule has 0 radical (unpaired) electrons. The lowest BCUT2D eigenvalue weighted by molar-refractivity contribution is 0.966. The van der Waals surface area contributed by atoms with Gasteiger partial charge in [-0.05, 0) is 30.0 Å². The maximum atomic E-state index is 5.74. The lowest BCUT2D eigenvalue weighted by Crippen LogP contribution is -1.83. The number of anilines is 1. The van der Waals surface area contributed by atoms with Crippen molar-refractivity contribution in [2.45, 2.75) is 9.50 Å². The summed E-state index contributed by atoms with van der Waals surface area (Å²) < 4.78 is 1.95. The number of benzene rings is 1. The molecule has 2 N–H and O–H groups in total. The monoisotopic (exact) mass is 294 g/mol. The molecule has 0 unspecified atom stereocenters. The molecule has 4 nitrogen and oxygen atoms in total. The van der Waals surface area contributed by atoms with E-state index in [1.807, 2.05) is 18.2 Å². The summed E-state index contributed by atoms with van der Waals surface area (Å²) in [7, 11) is 0. The van der Waals surface area contributed by atoms with E-state index in [-0.39, 0.29) is 0 Å². The number of nitrogens with two attached hydrogens (primary N) is 1. The van der Waals surface area contributed by atoms with Gasteiger partial charge >= 0.3 is 0 Å². The van der Waals surface area contributed by atoms with Gasteiger partial charge in [-0.2, -0.15) is 0 Å². The van der Waals surface area contributed by atoms with Gasteiger partial charge in [0.25, 0.3) is 0 Å². The van der Waals surface area contributed by atoms with Gasteiger partial charge in [-0.15, -0.1) is 11.3 Å². The highest BCUT2D eigenvalue weighted by atomic mass is 35.5. The molecule has 1 aromatic carbocycles. The molecule has 0 saturated carbocycles. The minimum Gasteiger partial charge on any atom is -0.399 e. The first-order valence-electron chi connectivity index (χ1n) is 5.02. The summed E-state index contributed by atoms with van der Waals surface area (Å²) in [5, 5.41) is 1.16. The minimum atomic E-state index is 0.524. The largest absolute Gasteiger partial charge is 0.399 e. The Labute approximate surface area is 116 Å². The molecule has 18 heavy (non-hydrogen) atoms. The summed E-state index contributed by atoms with van der Waals surface area (Å²) in [6.45, 7) is 0. The van der Waals surface area contributed by atoms with Gasteiger partial charge in [0.2, 0.25) is 0 Å². The van der Waals surface area contributed by atoms with E-state index in [1.54, 1.807) is 23.7 Å². The van der Waals surface area contributed by atoms with Gasteiger partial charge in [-0.1, -0.05) is 11.6 Å². The Kier molecular flexibility index (Phi) is 3.07. The summed E-state index contributed by atoms with van der Waals surface area (Å²) in [5.74, 6) is 0. The summed E-state index contributed by atoms with van der Waals surface area (Å²) in [4.78, 5) is 12.7. The summed E-state index contributed by atoms with van der Waals surface area (Å²) in [5.41, 5.74) is 7.41. The fourth-order valence-electron chi connectivity index (χ4n) is 1.39. The van der Waals surface area contributed by atoms with Crippen LogP contribution in [0.5, 0.6) is 0 Å². The number of fused-ring (bicyclic) bond motifs is 1. The van der Waals surface area contributed by atoms with Crippen LogP contribution in [0.15, 0.2) is 40.1 Å². The molecule has 0 aliphatic heterocycles. The van der Waals surface area contributed by atoms with Crippen molar-refractivity contribution in [3.05, 3.63) is 35.6 Å². The normalized spacial score (nSPS) is 10.9. The molecule has 0 aliphatic rings. The molecule has 90 valence electrons. The van der Waals surface area contributed by atoms with Crippen LogP contribution in [0.25, 0.3) is 10.2 Å². The molecule has 7 heteroatoms. The third-order valence-electron chi connectivity index (χ3n) is 2.17. The summed E-state index contributed by atoms with van der Waals surface area (Å²) in [6.07, 6.45) is 3.14. The Morgan fingerprint density at radius 2 is 2.00 bits per heavy atom. The number of nitrogens with zero attached hydrogens (tertiary/aromatic N) is 3. The maximum Gasteiger partial charge on any atom is 0.194 e. The number of rotatable bonds is 2. The van der Waals surface area contributed by atoms with E-state index in [2.05, 4.69) is 15.0 Å². The van der Waals surface area contributed by atoms with Gasteiger partial charge in [0.15, 0.2) is 9.50 Å².